The van der Waals surface area contributed by atoms with Gasteiger partial charge in [-0.25, -0.2) is 9.97 Å². The van der Waals surface area contributed by atoms with Crippen LogP contribution < -0.4 is 0 Å². The molecule has 1 unspecified atom stereocenters. The molecule has 0 amide bonds. The van der Waals surface area contributed by atoms with Crippen molar-refractivity contribution in [3.63, 3.8) is 0 Å². The minimum Gasteiger partial charge on any atom is -0.280 e. The van der Waals surface area contributed by atoms with Gasteiger partial charge in [0.25, 0.3) is 0 Å². The second-order valence-corrected chi connectivity index (χ2v) is 5.29. The Morgan fingerprint density at radius 2 is 1.95 bits per heavy atom. The third-order valence-corrected chi connectivity index (χ3v) is 3.77. The molecule has 0 radical (unpaired) electrons. The molecule has 3 heteroatoms. The molecule has 0 aliphatic rings. The molecule has 2 heterocycles. The maximum absolute atomic E-state index is 4.82. The Morgan fingerprint density at radius 3 is 2.62 bits per heavy atom. The van der Waals surface area contributed by atoms with Crippen LogP contribution in [0, 0.1) is 0 Å². The molecule has 2 aromatic heterocycles. The van der Waals surface area contributed by atoms with Crippen LogP contribution in [0.1, 0.15) is 32.0 Å². The number of fused-ring (bicyclic) bond motifs is 1. The van der Waals surface area contributed by atoms with Crippen molar-refractivity contribution in [2.45, 2.75) is 26.2 Å². The molecule has 106 valence electrons. The fourth-order valence-electron chi connectivity index (χ4n) is 2.75. The number of imidazole rings is 1. The topological polar surface area (TPSA) is 30.7 Å². The summed E-state index contributed by atoms with van der Waals surface area (Å²) in [6, 6.07) is 14.2. The Labute approximate surface area is 125 Å². The number of para-hydroxylation sites is 1. The monoisotopic (exact) mass is 277 g/mol. The van der Waals surface area contributed by atoms with Crippen molar-refractivity contribution in [3.8, 4) is 5.69 Å². The summed E-state index contributed by atoms with van der Waals surface area (Å²) in [4.78, 5) is 9.35. The Morgan fingerprint density at radius 1 is 1.19 bits per heavy atom. The number of pyridine rings is 1. The van der Waals surface area contributed by atoms with E-state index in [1.54, 1.807) is 0 Å². The first-order chi connectivity index (χ1) is 10.2. The lowest BCUT2D eigenvalue weighted by Crippen LogP contribution is -2.08. The number of allylic oxidation sites excluding steroid dienone is 1. The number of rotatable bonds is 4. The highest BCUT2D eigenvalue weighted by atomic mass is 15.1. The van der Waals surface area contributed by atoms with E-state index in [0.29, 0.717) is 0 Å². The standard InChI is InChI=1S/C18H19N3/c1-4-15(13(2)3)17-20-16-11-8-12-19-18(16)21(17)14-9-6-5-7-10-14/h5-12,15H,2,4H2,1,3H3. The predicted molar refractivity (Wildman–Crippen MR) is 86.7 cm³/mol. The van der Waals surface area contributed by atoms with Crippen molar-refractivity contribution in [2.75, 3.05) is 0 Å². The van der Waals surface area contributed by atoms with Crippen LogP contribution in [-0.4, -0.2) is 14.5 Å². The molecule has 0 N–H and O–H groups in total. The number of benzene rings is 1. The molecule has 0 spiro atoms. The average Bonchev–Trinajstić information content (AvgIpc) is 2.87. The van der Waals surface area contributed by atoms with E-state index in [-0.39, 0.29) is 5.92 Å². The van der Waals surface area contributed by atoms with Gasteiger partial charge < -0.3 is 0 Å². The first kappa shape index (κ1) is 13.6. The summed E-state index contributed by atoms with van der Waals surface area (Å²) >= 11 is 0. The second-order valence-electron chi connectivity index (χ2n) is 5.29. The molecule has 0 aliphatic carbocycles. The summed E-state index contributed by atoms with van der Waals surface area (Å²) in [5.41, 5.74) is 4.05. The summed E-state index contributed by atoms with van der Waals surface area (Å²) in [6.07, 6.45) is 2.79. The highest BCUT2D eigenvalue weighted by Gasteiger charge is 2.20. The van der Waals surface area contributed by atoms with Gasteiger partial charge >= 0.3 is 0 Å². The molecule has 3 rings (SSSR count). The smallest absolute Gasteiger partial charge is 0.164 e. The molecule has 1 atom stereocenters. The summed E-state index contributed by atoms with van der Waals surface area (Å²) in [6.45, 7) is 8.37. The molecule has 0 saturated carbocycles. The van der Waals surface area contributed by atoms with Gasteiger partial charge in [-0.3, -0.25) is 4.57 Å². The van der Waals surface area contributed by atoms with Gasteiger partial charge in [-0.15, -0.1) is 0 Å². The zero-order valence-electron chi connectivity index (χ0n) is 12.5. The van der Waals surface area contributed by atoms with E-state index in [4.69, 9.17) is 4.98 Å². The number of hydrogen-bond donors (Lipinski definition) is 0. The molecule has 1 aromatic carbocycles. The van der Waals surface area contributed by atoms with Crippen molar-refractivity contribution in [1.82, 2.24) is 14.5 Å². The highest BCUT2D eigenvalue weighted by molar-refractivity contribution is 5.74. The van der Waals surface area contributed by atoms with Crippen LogP contribution in [-0.2, 0) is 0 Å². The van der Waals surface area contributed by atoms with Gasteiger partial charge in [0.15, 0.2) is 5.65 Å². The molecular weight excluding hydrogens is 258 g/mol. The zero-order valence-corrected chi connectivity index (χ0v) is 12.5. The van der Waals surface area contributed by atoms with Crippen molar-refractivity contribution in [2.24, 2.45) is 0 Å². The van der Waals surface area contributed by atoms with Gasteiger partial charge in [-0.2, -0.15) is 0 Å². The van der Waals surface area contributed by atoms with E-state index in [1.165, 1.54) is 0 Å². The summed E-state index contributed by atoms with van der Waals surface area (Å²) in [7, 11) is 0. The lowest BCUT2D eigenvalue weighted by Gasteiger charge is -2.17. The van der Waals surface area contributed by atoms with Crippen LogP contribution in [0.3, 0.4) is 0 Å². The molecule has 21 heavy (non-hydrogen) atoms. The van der Waals surface area contributed by atoms with Crippen LogP contribution in [0.5, 0.6) is 0 Å². The lowest BCUT2D eigenvalue weighted by molar-refractivity contribution is 0.694. The van der Waals surface area contributed by atoms with Crippen molar-refractivity contribution >= 4 is 11.2 Å². The summed E-state index contributed by atoms with van der Waals surface area (Å²) in [5, 5.41) is 0. The van der Waals surface area contributed by atoms with E-state index in [0.717, 1.165) is 34.7 Å². The molecule has 0 aliphatic heterocycles. The van der Waals surface area contributed by atoms with E-state index in [2.05, 4.69) is 42.1 Å². The largest absolute Gasteiger partial charge is 0.280 e. The maximum atomic E-state index is 4.82. The number of hydrogen-bond acceptors (Lipinski definition) is 2. The quantitative estimate of drug-likeness (QED) is 0.658. The summed E-state index contributed by atoms with van der Waals surface area (Å²) < 4.78 is 2.15. The number of aromatic nitrogens is 3. The second kappa shape index (κ2) is 5.52. The molecule has 0 bridgehead atoms. The Bertz CT molecular complexity index is 772. The third-order valence-electron chi connectivity index (χ3n) is 3.77. The highest BCUT2D eigenvalue weighted by Crippen LogP contribution is 2.30. The normalized spacial score (nSPS) is 12.5. The molecule has 3 aromatic rings. The van der Waals surface area contributed by atoms with E-state index < -0.39 is 0 Å². The number of nitrogens with zero attached hydrogens (tertiary/aromatic N) is 3. The van der Waals surface area contributed by atoms with Crippen LogP contribution in [0.15, 0.2) is 60.8 Å². The van der Waals surface area contributed by atoms with Gasteiger partial charge in [-0.1, -0.05) is 37.3 Å². The van der Waals surface area contributed by atoms with Crippen LogP contribution in [0.4, 0.5) is 0 Å². The fourth-order valence-corrected chi connectivity index (χ4v) is 2.75. The van der Waals surface area contributed by atoms with Gasteiger partial charge in [-0.05, 0) is 37.6 Å². The van der Waals surface area contributed by atoms with Gasteiger partial charge in [0.2, 0.25) is 0 Å². The minimum atomic E-state index is 0.236. The maximum Gasteiger partial charge on any atom is 0.164 e. The van der Waals surface area contributed by atoms with E-state index in [1.807, 2.05) is 36.5 Å². The van der Waals surface area contributed by atoms with E-state index in [9.17, 15) is 0 Å². The summed E-state index contributed by atoms with van der Waals surface area (Å²) in [5.74, 6) is 1.25. The van der Waals surface area contributed by atoms with Gasteiger partial charge in [0, 0.05) is 17.8 Å². The average molecular weight is 277 g/mol. The van der Waals surface area contributed by atoms with Gasteiger partial charge in [0.05, 0.1) is 0 Å². The molecule has 0 saturated heterocycles. The molecular formula is C18H19N3. The zero-order chi connectivity index (χ0) is 14.8. The van der Waals surface area contributed by atoms with Crippen molar-refractivity contribution in [1.29, 1.82) is 0 Å². The molecule has 3 nitrogen and oxygen atoms in total. The Balaban J connectivity index is 2.31. The Hall–Kier alpha value is -2.42. The van der Waals surface area contributed by atoms with Crippen LogP contribution in [0.25, 0.3) is 16.9 Å². The Kier molecular flexibility index (Phi) is 3.57. The van der Waals surface area contributed by atoms with Crippen molar-refractivity contribution in [3.05, 3.63) is 66.6 Å². The lowest BCUT2D eigenvalue weighted by atomic mass is 9.98. The first-order valence-electron chi connectivity index (χ1n) is 7.26. The van der Waals surface area contributed by atoms with Gasteiger partial charge in [0.1, 0.15) is 11.3 Å². The van der Waals surface area contributed by atoms with Crippen LogP contribution >= 0.6 is 0 Å². The first-order valence-corrected chi connectivity index (χ1v) is 7.26. The molecule has 0 fully saturated rings. The van der Waals surface area contributed by atoms with Crippen LogP contribution in [0.2, 0.25) is 0 Å². The third kappa shape index (κ3) is 2.35. The fraction of sp³-hybridized carbons (Fsp3) is 0.222. The predicted octanol–water partition coefficient (Wildman–Crippen LogP) is 4.49. The van der Waals surface area contributed by atoms with E-state index >= 15 is 0 Å². The SMILES string of the molecule is C=C(C)C(CC)c1nc2cccnc2n1-c1ccccc1. The minimum absolute atomic E-state index is 0.236. The van der Waals surface area contributed by atoms with Crippen molar-refractivity contribution < 1.29 is 0 Å².